The number of unbranched alkanes of at least 4 members (excludes halogenated alkanes) is 1. The molecule has 192 valence electrons. The number of benzene rings is 1. The van der Waals surface area contributed by atoms with Gasteiger partial charge in [0.25, 0.3) is 5.78 Å². The van der Waals surface area contributed by atoms with Crippen LogP contribution in [-0.4, -0.2) is 41.0 Å². The molecule has 0 bridgehead atoms. The predicted octanol–water partition coefficient (Wildman–Crippen LogP) is 5.66. The Morgan fingerprint density at radius 3 is 2.65 bits per heavy atom. The van der Waals surface area contributed by atoms with Crippen LogP contribution >= 0.6 is 22.7 Å². The van der Waals surface area contributed by atoms with Crippen LogP contribution in [0.1, 0.15) is 51.6 Å². The fourth-order valence-corrected chi connectivity index (χ4v) is 5.63. The Kier molecular flexibility index (Phi) is 8.20. The molecule has 37 heavy (non-hydrogen) atoms. The van der Waals surface area contributed by atoms with Crippen LogP contribution in [0.4, 0.5) is 5.13 Å². The maximum atomic E-state index is 13.3. The number of hydrogen-bond donors (Lipinski definition) is 1. The second-order valence-corrected chi connectivity index (χ2v) is 10.2. The third-order valence-corrected chi connectivity index (χ3v) is 7.72. The van der Waals surface area contributed by atoms with E-state index >= 15 is 0 Å². The first-order valence-corrected chi connectivity index (χ1v) is 13.4. The summed E-state index contributed by atoms with van der Waals surface area (Å²) in [7, 11) is 0. The first-order valence-electron chi connectivity index (χ1n) is 11.7. The van der Waals surface area contributed by atoms with Gasteiger partial charge in [0.1, 0.15) is 29.0 Å². The summed E-state index contributed by atoms with van der Waals surface area (Å²) in [6, 6.07) is 9.41. The molecule has 1 fully saturated rings. The number of aliphatic hydroxyl groups excluding tert-OH is 1. The lowest BCUT2D eigenvalue weighted by Gasteiger charge is -2.21. The molecular formula is C27H26N2O6S2. The van der Waals surface area contributed by atoms with Crippen molar-refractivity contribution in [2.24, 2.45) is 0 Å². The van der Waals surface area contributed by atoms with E-state index in [1.165, 1.54) is 22.3 Å². The first kappa shape index (κ1) is 26.3. The molecule has 3 heterocycles. The maximum absolute atomic E-state index is 13.3. The van der Waals surface area contributed by atoms with Gasteiger partial charge in [0, 0.05) is 10.4 Å². The zero-order valence-electron chi connectivity index (χ0n) is 20.4. The summed E-state index contributed by atoms with van der Waals surface area (Å²) < 4.78 is 10.8. The van der Waals surface area contributed by atoms with Crippen molar-refractivity contribution in [2.75, 3.05) is 18.1 Å². The van der Waals surface area contributed by atoms with Crippen molar-refractivity contribution in [1.29, 1.82) is 0 Å². The topological polar surface area (TPSA) is 106 Å². The second-order valence-electron chi connectivity index (χ2n) is 8.21. The number of anilines is 1. The number of amides is 1. The lowest BCUT2D eigenvalue weighted by Crippen LogP contribution is -2.29. The number of aryl methyl sites for hydroxylation is 1. The molecule has 1 amide bonds. The first-order chi connectivity index (χ1) is 17.9. The minimum atomic E-state index is -0.900. The third-order valence-electron chi connectivity index (χ3n) is 5.66. The Balaban J connectivity index is 1.74. The third kappa shape index (κ3) is 5.35. The number of hydrogen-bond acceptors (Lipinski definition) is 9. The molecule has 1 saturated heterocycles. The van der Waals surface area contributed by atoms with Crippen LogP contribution in [0.5, 0.6) is 5.75 Å². The fraction of sp³-hybridized carbons (Fsp3) is 0.259. The van der Waals surface area contributed by atoms with Crippen LogP contribution in [0.25, 0.3) is 5.76 Å². The van der Waals surface area contributed by atoms with E-state index in [1.54, 1.807) is 43.3 Å². The molecule has 4 rings (SSSR count). The zero-order valence-corrected chi connectivity index (χ0v) is 22.1. The zero-order chi connectivity index (χ0) is 26.5. The summed E-state index contributed by atoms with van der Waals surface area (Å²) in [5.74, 6) is -1.90. The van der Waals surface area contributed by atoms with Gasteiger partial charge in [-0.3, -0.25) is 14.5 Å². The van der Waals surface area contributed by atoms with Crippen molar-refractivity contribution in [2.45, 2.75) is 32.7 Å². The highest BCUT2D eigenvalue weighted by atomic mass is 32.1. The minimum absolute atomic E-state index is 0.0354. The molecule has 8 nitrogen and oxygen atoms in total. The summed E-state index contributed by atoms with van der Waals surface area (Å²) in [6.07, 6.45) is 3.39. The molecule has 0 saturated carbocycles. The van der Waals surface area contributed by atoms with E-state index in [4.69, 9.17) is 9.47 Å². The number of ether oxygens (including phenoxy) is 2. The normalized spacial score (nSPS) is 16.7. The van der Waals surface area contributed by atoms with Gasteiger partial charge >= 0.3 is 11.9 Å². The summed E-state index contributed by atoms with van der Waals surface area (Å²) in [4.78, 5) is 45.5. The average molecular weight is 539 g/mol. The SMILES string of the molecule is C=CCOC(=O)c1sc(N2C(=O)C(=O)/C(=C(/O)c3ccc(OCCCC)cc3)C2c2cccs2)nc1C. The Labute approximate surface area is 222 Å². The van der Waals surface area contributed by atoms with E-state index in [9.17, 15) is 19.5 Å². The van der Waals surface area contributed by atoms with Crippen LogP contribution in [0.3, 0.4) is 0 Å². The van der Waals surface area contributed by atoms with Gasteiger partial charge in [-0.15, -0.1) is 11.3 Å². The number of esters is 1. The summed E-state index contributed by atoms with van der Waals surface area (Å²) in [5, 5.41) is 13.2. The number of thiophene rings is 1. The van der Waals surface area contributed by atoms with E-state index in [1.807, 2.05) is 5.38 Å². The van der Waals surface area contributed by atoms with Gasteiger partial charge in [0.05, 0.1) is 17.9 Å². The van der Waals surface area contributed by atoms with E-state index in [2.05, 4.69) is 18.5 Å². The van der Waals surface area contributed by atoms with E-state index in [-0.39, 0.29) is 27.9 Å². The van der Waals surface area contributed by atoms with Gasteiger partial charge in [-0.2, -0.15) is 0 Å². The molecule has 1 unspecified atom stereocenters. The largest absolute Gasteiger partial charge is 0.507 e. The highest BCUT2D eigenvalue weighted by Gasteiger charge is 2.49. The number of carbonyl (C=O) groups excluding carboxylic acids is 3. The van der Waals surface area contributed by atoms with Crippen LogP contribution in [0.2, 0.25) is 0 Å². The number of thiazole rings is 1. The predicted molar refractivity (Wildman–Crippen MR) is 143 cm³/mol. The molecule has 1 aliphatic rings. The van der Waals surface area contributed by atoms with Crippen molar-refractivity contribution in [3.8, 4) is 5.75 Å². The van der Waals surface area contributed by atoms with Gasteiger partial charge in [-0.1, -0.05) is 43.4 Å². The lowest BCUT2D eigenvalue weighted by atomic mass is 10.00. The molecule has 0 aliphatic carbocycles. The Morgan fingerprint density at radius 2 is 2.00 bits per heavy atom. The van der Waals surface area contributed by atoms with E-state index in [0.29, 0.717) is 28.5 Å². The van der Waals surface area contributed by atoms with Crippen LogP contribution in [0.15, 0.2) is 60.0 Å². The van der Waals surface area contributed by atoms with Crippen molar-refractivity contribution < 1.29 is 29.0 Å². The number of aromatic nitrogens is 1. The number of Topliss-reactive ketones (excluding diaryl/α,β-unsaturated/α-hetero) is 1. The molecule has 3 aromatic rings. The monoisotopic (exact) mass is 538 g/mol. The van der Waals surface area contributed by atoms with Gasteiger partial charge in [0.15, 0.2) is 5.13 Å². The van der Waals surface area contributed by atoms with Crippen molar-refractivity contribution in [1.82, 2.24) is 4.98 Å². The average Bonchev–Trinajstić information content (AvgIpc) is 3.62. The van der Waals surface area contributed by atoms with Crippen LogP contribution < -0.4 is 9.64 Å². The Hall–Kier alpha value is -3.76. The maximum Gasteiger partial charge on any atom is 0.350 e. The van der Waals surface area contributed by atoms with Gasteiger partial charge in [-0.25, -0.2) is 9.78 Å². The molecule has 10 heteroatoms. The number of ketones is 1. The molecule has 1 aliphatic heterocycles. The number of aliphatic hydroxyl groups is 1. The number of rotatable bonds is 10. The summed E-state index contributed by atoms with van der Waals surface area (Å²) >= 11 is 2.30. The van der Waals surface area contributed by atoms with Crippen molar-refractivity contribution in [3.05, 3.63) is 81.0 Å². The Morgan fingerprint density at radius 1 is 1.24 bits per heavy atom. The van der Waals surface area contributed by atoms with Crippen molar-refractivity contribution >= 4 is 51.2 Å². The standard InChI is InChI=1S/C27H26N2O6S2/c1-4-6-14-34-18-11-9-17(10-12-18)22(30)20-21(19-8-7-15-36-19)29(25(32)23(20)31)27-28-16(3)24(37-27)26(33)35-13-5-2/h5,7-12,15,21,30H,2,4,6,13-14H2,1,3H3/b22-20+. The van der Waals surface area contributed by atoms with E-state index in [0.717, 1.165) is 24.2 Å². The molecular weight excluding hydrogens is 512 g/mol. The molecule has 1 atom stereocenters. The lowest BCUT2D eigenvalue weighted by molar-refractivity contribution is -0.132. The molecule has 1 N–H and O–H groups in total. The molecule has 1 aromatic carbocycles. The van der Waals surface area contributed by atoms with Crippen LogP contribution in [-0.2, 0) is 14.3 Å². The van der Waals surface area contributed by atoms with Crippen molar-refractivity contribution in [3.63, 3.8) is 0 Å². The smallest absolute Gasteiger partial charge is 0.350 e. The van der Waals surface area contributed by atoms with Gasteiger partial charge in [-0.05, 0) is 49.1 Å². The quantitative estimate of drug-likeness (QED) is 0.0886. The molecule has 0 radical (unpaired) electrons. The molecule has 0 spiro atoms. The fourth-order valence-electron chi connectivity index (χ4n) is 3.82. The number of carbonyl (C=O) groups is 3. The summed E-state index contributed by atoms with van der Waals surface area (Å²) in [5.41, 5.74) is 0.710. The summed E-state index contributed by atoms with van der Waals surface area (Å²) in [6.45, 7) is 7.86. The second kappa shape index (κ2) is 11.5. The number of nitrogens with zero attached hydrogens (tertiary/aromatic N) is 2. The Bertz CT molecular complexity index is 1340. The molecule has 2 aromatic heterocycles. The van der Waals surface area contributed by atoms with E-state index < -0.39 is 23.7 Å². The van der Waals surface area contributed by atoms with Gasteiger partial charge < -0.3 is 14.6 Å². The van der Waals surface area contributed by atoms with Crippen LogP contribution in [0, 0.1) is 6.92 Å². The van der Waals surface area contributed by atoms with Gasteiger partial charge in [0.2, 0.25) is 0 Å². The minimum Gasteiger partial charge on any atom is -0.507 e. The highest BCUT2D eigenvalue weighted by Crippen LogP contribution is 2.45. The highest BCUT2D eigenvalue weighted by molar-refractivity contribution is 7.18.